The molecule has 0 spiro atoms. The summed E-state index contributed by atoms with van der Waals surface area (Å²) < 4.78 is 32.7. The predicted molar refractivity (Wildman–Crippen MR) is 72.6 cm³/mol. The number of fused-ring (bicyclic) bond motifs is 1. The molecule has 3 unspecified atom stereocenters. The lowest BCUT2D eigenvalue weighted by Gasteiger charge is -2.31. The predicted octanol–water partition coefficient (Wildman–Crippen LogP) is 0.936. The molecule has 2 aliphatic carbocycles. The molecule has 0 bridgehead atoms. The summed E-state index contributed by atoms with van der Waals surface area (Å²) >= 11 is 0. The Hall–Kier alpha value is -2.06. The van der Waals surface area contributed by atoms with E-state index in [0.717, 1.165) is 0 Å². The van der Waals surface area contributed by atoms with E-state index in [9.17, 15) is 23.5 Å². The summed E-state index contributed by atoms with van der Waals surface area (Å²) in [5.41, 5.74) is 1.74. The molecule has 2 fully saturated rings. The molecule has 0 amide bonds. The molecule has 0 aliphatic heterocycles. The van der Waals surface area contributed by atoms with Gasteiger partial charge in [0.05, 0.1) is 12.7 Å². The van der Waals surface area contributed by atoms with Crippen molar-refractivity contribution in [1.82, 2.24) is 0 Å². The lowest BCUT2D eigenvalue weighted by molar-refractivity contribution is -0.156. The third-order valence-electron chi connectivity index (χ3n) is 4.86. The Kier molecular flexibility index (Phi) is 3.42. The van der Waals surface area contributed by atoms with Crippen molar-refractivity contribution in [3.8, 4) is 0 Å². The number of aliphatic carboxylic acids is 2. The molecule has 0 saturated heterocycles. The minimum absolute atomic E-state index is 0.0248. The van der Waals surface area contributed by atoms with E-state index in [1.807, 2.05) is 0 Å². The second-order valence-electron chi connectivity index (χ2n) is 6.06. The van der Waals surface area contributed by atoms with E-state index in [1.54, 1.807) is 0 Å². The van der Waals surface area contributed by atoms with Crippen molar-refractivity contribution >= 4 is 11.9 Å². The summed E-state index contributed by atoms with van der Waals surface area (Å²) in [7, 11) is 0. The number of halogens is 2. The van der Waals surface area contributed by atoms with Crippen LogP contribution in [0.25, 0.3) is 0 Å². The van der Waals surface area contributed by atoms with Gasteiger partial charge >= 0.3 is 11.9 Å². The number of rotatable bonds is 5. The Labute approximate surface area is 129 Å². The molecule has 23 heavy (non-hydrogen) atoms. The van der Waals surface area contributed by atoms with E-state index >= 15 is 0 Å². The van der Waals surface area contributed by atoms with Crippen LogP contribution >= 0.6 is 0 Å². The molecule has 0 radical (unpaired) electrons. The molecule has 5 atom stereocenters. The van der Waals surface area contributed by atoms with Gasteiger partial charge in [-0.05, 0) is 24.1 Å². The van der Waals surface area contributed by atoms with Crippen LogP contribution in [-0.4, -0.2) is 39.5 Å². The largest absolute Gasteiger partial charge is 0.480 e. The van der Waals surface area contributed by atoms with Crippen LogP contribution < -0.4 is 5.73 Å². The number of carbonyl (C=O) groups is 2. The maximum Gasteiger partial charge on any atom is 0.342 e. The highest BCUT2D eigenvalue weighted by Gasteiger charge is 2.85. The third kappa shape index (κ3) is 2.13. The molecule has 6 nitrogen and oxygen atoms in total. The van der Waals surface area contributed by atoms with Gasteiger partial charge in [0.25, 0.3) is 0 Å². The van der Waals surface area contributed by atoms with Crippen molar-refractivity contribution in [2.75, 3.05) is 0 Å². The van der Waals surface area contributed by atoms with Gasteiger partial charge in [-0.2, -0.15) is 0 Å². The van der Waals surface area contributed by atoms with E-state index in [-0.39, 0.29) is 13.0 Å². The van der Waals surface area contributed by atoms with Gasteiger partial charge < -0.3 is 20.7 Å². The van der Waals surface area contributed by atoms with Gasteiger partial charge in [-0.15, -0.1) is 0 Å². The zero-order chi connectivity index (χ0) is 17.0. The summed E-state index contributed by atoms with van der Waals surface area (Å²) in [5, 5.41) is 18.3. The van der Waals surface area contributed by atoms with Crippen LogP contribution in [0.15, 0.2) is 24.3 Å². The van der Waals surface area contributed by atoms with E-state index in [2.05, 4.69) is 0 Å². The van der Waals surface area contributed by atoms with Crippen molar-refractivity contribution < 1.29 is 33.3 Å². The van der Waals surface area contributed by atoms with Crippen LogP contribution in [0, 0.1) is 17.7 Å². The summed E-state index contributed by atoms with van der Waals surface area (Å²) in [4.78, 5) is 22.5. The van der Waals surface area contributed by atoms with Crippen molar-refractivity contribution in [2.45, 2.75) is 30.3 Å². The summed E-state index contributed by atoms with van der Waals surface area (Å²) in [5.74, 6) is -5.89. The number of benzene rings is 1. The maximum atomic E-state index is 14.3. The highest BCUT2D eigenvalue weighted by molar-refractivity contribution is 5.90. The smallest absolute Gasteiger partial charge is 0.342 e. The second-order valence-corrected chi connectivity index (χ2v) is 6.06. The Bertz CT molecular complexity index is 666. The normalized spacial score (nSPS) is 38.1. The van der Waals surface area contributed by atoms with Crippen LogP contribution in [0.3, 0.4) is 0 Å². The van der Waals surface area contributed by atoms with Gasteiger partial charge in [-0.3, -0.25) is 4.79 Å². The molecule has 0 heterocycles. The van der Waals surface area contributed by atoms with Crippen LogP contribution in [0.2, 0.25) is 0 Å². The monoisotopic (exact) mass is 327 g/mol. The second kappa shape index (κ2) is 4.97. The fourth-order valence-corrected chi connectivity index (χ4v) is 3.58. The first-order valence-electron chi connectivity index (χ1n) is 7.03. The number of ether oxygens (including phenoxy) is 1. The SMILES string of the molecule is N[C@@]1(C(=O)O)C(OCc2ccc(F)cc2)CC2C1[C@@]2(F)C(=O)O. The molecule has 8 heteroatoms. The molecular formula is C15H15F2NO5. The summed E-state index contributed by atoms with van der Waals surface area (Å²) in [6.07, 6.45) is -1.10. The van der Waals surface area contributed by atoms with E-state index < -0.39 is 46.9 Å². The van der Waals surface area contributed by atoms with Gasteiger partial charge in [-0.25, -0.2) is 13.6 Å². The molecule has 4 N–H and O–H groups in total. The van der Waals surface area contributed by atoms with Gasteiger partial charge in [-0.1, -0.05) is 12.1 Å². The van der Waals surface area contributed by atoms with Crippen LogP contribution in [0.1, 0.15) is 12.0 Å². The molecule has 2 saturated carbocycles. The van der Waals surface area contributed by atoms with Crippen LogP contribution in [-0.2, 0) is 20.9 Å². The number of carboxylic acid groups (broad SMARTS) is 2. The number of hydrogen-bond donors (Lipinski definition) is 3. The molecule has 0 aromatic heterocycles. The molecular weight excluding hydrogens is 312 g/mol. The summed E-state index contributed by atoms with van der Waals surface area (Å²) in [6, 6.07) is 5.41. The number of alkyl halides is 1. The lowest BCUT2D eigenvalue weighted by Crippen LogP contribution is -2.60. The topological polar surface area (TPSA) is 110 Å². The number of hydrogen-bond acceptors (Lipinski definition) is 4. The van der Waals surface area contributed by atoms with Crippen LogP contribution in [0.4, 0.5) is 8.78 Å². The van der Waals surface area contributed by atoms with E-state index in [0.29, 0.717) is 5.56 Å². The molecule has 1 aromatic rings. The quantitative estimate of drug-likeness (QED) is 0.742. The first-order valence-corrected chi connectivity index (χ1v) is 7.03. The fourth-order valence-electron chi connectivity index (χ4n) is 3.58. The standard InChI is InChI=1S/C15H15F2NO5/c16-8-3-1-7(2-4-8)6-23-10-5-9-11(14(9,17)12(19)20)15(10,18)13(21)22/h1-4,9-11H,5-6,18H2,(H,19,20)(H,21,22)/t9?,10?,11?,14-,15+/m1/s1. The molecule has 124 valence electrons. The summed E-state index contributed by atoms with van der Waals surface area (Å²) in [6.45, 7) is -0.0248. The van der Waals surface area contributed by atoms with E-state index in [1.165, 1.54) is 24.3 Å². The zero-order valence-electron chi connectivity index (χ0n) is 11.9. The zero-order valence-corrected chi connectivity index (χ0v) is 11.9. The fraction of sp³-hybridized carbons (Fsp3) is 0.467. The average Bonchev–Trinajstić information content (AvgIpc) is 2.96. The third-order valence-corrected chi connectivity index (χ3v) is 4.86. The van der Waals surface area contributed by atoms with Crippen molar-refractivity contribution in [3.63, 3.8) is 0 Å². The average molecular weight is 327 g/mol. The van der Waals surface area contributed by atoms with Gasteiger partial charge in [0.15, 0.2) is 0 Å². The van der Waals surface area contributed by atoms with Gasteiger partial charge in [0.2, 0.25) is 5.67 Å². The highest BCUT2D eigenvalue weighted by atomic mass is 19.1. The van der Waals surface area contributed by atoms with E-state index in [4.69, 9.17) is 15.6 Å². The molecule has 1 aromatic carbocycles. The first-order chi connectivity index (χ1) is 10.7. The maximum absolute atomic E-state index is 14.3. The van der Waals surface area contributed by atoms with Crippen molar-refractivity contribution in [3.05, 3.63) is 35.6 Å². The minimum atomic E-state index is -2.61. The first kappa shape index (κ1) is 15.8. The van der Waals surface area contributed by atoms with Crippen molar-refractivity contribution in [1.29, 1.82) is 0 Å². The molecule has 3 rings (SSSR count). The van der Waals surface area contributed by atoms with Crippen LogP contribution in [0.5, 0.6) is 0 Å². The molecule has 2 aliphatic rings. The highest BCUT2D eigenvalue weighted by Crippen LogP contribution is 2.67. The van der Waals surface area contributed by atoms with Crippen molar-refractivity contribution in [2.24, 2.45) is 17.6 Å². The minimum Gasteiger partial charge on any atom is -0.480 e. The van der Waals surface area contributed by atoms with Gasteiger partial charge in [0.1, 0.15) is 11.4 Å². The van der Waals surface area contributed by atoms with Gasteiger partial charge in [0, 0.05) is 11.8 Å². The Morgan fingerprint density at radius 2 is 1.87 bits per heavy atom. The Morgan fingerprint density at radius 1 is 1.26 bits per heavy atom. The lowest BCUT2D eigenvalue weighted by atomic mass is 9.88. The number of carboxylic acids is 2. The number of nitrogens with two attached hydrogens (primary N) is 1. The Morgan fingerprint density at radius 3 is 2.39 bits per heavy atom. The Balaban J connectivity index is 1.75.